The molecular weight excluding hydrogens is 863 g/mol. The number of hydrogen-bond donors (Lipinski definition) is 0. The van der Waals surface area contributed by atoms with Crippen molar-refractivity contribution in [2.45, 2.75) is 0 Å². The van der Waals surface area contributed by atoms with Gasteiger partial charge in [-0.25, -0.2) is 0 Å². The first kappa shape index (κ1) is 40.1. The van der Waals surface area contributed by atoms with Crippen LogP contribution in [0.3, 0.4) is 0 Å². The van der Waals surface area contributed by atoms with E-state index in [1.165, 1.54) is 97.3 Å². The van der Waals surface area contributed by atoms with E-state index in [9.17, 15) is 0 Å². The maximum Gasteiger partial charge on any atom is 0.179 e. The number of fused-ring (bicyclic) bond motifs is 9. The number of aromatic nitrogens is 3. The van der Waals surface area contributed by atoms with Crippen LogP contribution in [0.5, 0.6) is 0 Å². The molecule has 70 heavy (non-hydrogen) atoms. The van der Waals surface area contributed by atoms with Crippen molar-refractivity contribution in [1.29, 1.82) is 0 Å². The first-order valence-corrected chi connectivity index (χ1v) is 26.2. The average Bonchev–Trinajstić information content (AvgIpc) is 4.07. The lowest BCUT2D eigenvalue weighted by Gasteiger charge is -2.34. The summed E-state index contributed by atoms with van der Waals surface area (Å²) in [6, 6.07) is 101. The third-order valence-corrected chi connectivity index (χ3v) is 19.5. The van der Waals surface area contributed by atoms with E-state index in [0.29, 0.717) is 0 Å². The molecule has 11 aromatic carbocycles. The van der Waals surface area contributed by atoms with Crippen LogP contribution in [-0.4, -0.2) is 21.8 Å². The fourth-order valence-electron chi connectivity index (χ4n) is 11.8. The van der Waals surface area contributed by atoms with E-state index in [2.05, 4.69) is 287 Å². The topological polar surface area (TPSA) is 14.8 Å². The minimum atomic E-state index is -2.79. The smallest absolute Gasteiger partial charge is 0.179 e. The molecule has 0 amide bonds. The van der Waals surface area contributed by atoms with Crippen molar-refractivity contribution >= 4 is 94.2 Å². The van der Waals surface area contributed by atoms with Crippen molar-refractivity contribution in [2.24, 2.45) is 0 Å². The molecule has 328 valence electrons. The maximum absolute atomic E-state index is 2.79. The minimum Gasteiger partial charge on any atom is -0.309 e. The molecule has 0 spiro atoms. The van der Waals surface area contributed by atoms with E-state index in [-0.39, 0.29) is 0 Å². The fraction of sp³-hybridized carbons (Fsp3) is 0. The Morgan fingerprint density at radius 1 is 0.200 bits per heavy atom. The Labute approximate surface area is 407 Å². The van der Waals surface area contributed by atoms with Gasteiger partial charge in [-0.3, -0.25) is 0 Å². The molecule has 0 aliphatic carbocycles. The van der Waals surface area contributed by atoms with Crippen LogP contribution in [0.25, 0.3) is 93.6 Å². The van der Waals surface area contributed by atoms with E-state index < -0.39 is 8.07 Å². The van der Waals surface area contributed by atoms with E-state index >= 15 is 0 Å². The van der Waals surface area contributed by atoms with Gasteiger partial charge in [0.2, 0.25) is 0 Å². The van der Waals surface area contributed by atoms with Gasteiger partial charge in [0.1, 0.15) is 0 Å². The van der Waals surface area contributed by atoms with E-state index in [1.807, 2.05) is 0 Å². The predicted molar refractivity (Wildman–Crippen MR) is 299 cm³/mol. The molecule has 0 N–H and O–H groups in total. The van der Waals surface area contributed by atoms with Gasteiger partial charge in [0.25, 0.3) is 0 Å². The van der Waals surface area contributed by atoms with Crippen LogP contribution in [0.2, 0.25) is 0 Å². The van der Waals surface area contributed by atoms with Gasteiger partial charge in [-0.15, -0.1) is 0 Å². The summed E-state index contributed by atoms with van der Waals surface area (Å²) in [5.41, 5.74) is 12.9. The van der Waals surface area contributed by atoms with Crippen LogP contribution in [0.15, 0.2) is 273 Å². The maximum atomic E-state index is 2.50. The summed E-state index contributed by atoms with van der Waals surface area (Å²) in [6.45, 7) is 0. The zero-order valence-corrected chi connectivity index (χ0v) is 39.3. The number of benzene rings is 11. The zero-order chi connectivity index (χ0) is 46.2. The van der Waals surface area contributed by atoms with Gasteiger partial charge >= 0.3 is 0 Å². The molecule has 0 saturated carbocycles. The van der Waals surface area contributed by atoms with Crippen LogP contribution in [0.4, 0.5) is 0 Å². The molecule has 14 rings (SSSR count). The Hall–Kier alpha value is -8.96. The van der Waals surface area contributed by atoms with Gasteiger partial charge in [0.15, 0.2) is 8.07 Å². The van der Waals surface area contributed by atoms with Crippen molar-refractivity contribution < 1.29 is 0 Å². The highest BCUT2D eigenvalue weighted by Gasteiger charge is 2.41. The quantitative estimate of drug-likeness (QED) is 0.107. The number of nitrogens with zero attached hydrogens (tertiary/aromatic N) is 3. The van der Waals surface area contributed by atoms with Gasteiger partial charge in [0, 0.05) is 49.4 Å². The monoisotopic (exact) mass is 907 g/mol. The van der Waals surface area contributed by atoms with Crippen LogP contribution < -0.4 is 20.7 Å². The molecule has 3 heterocycles. The largest absolute Gasteiger partial charge is 0.309 e. The molecule has 0 aliphatic rings. The molecular formula is C66H45N3Si. The lowest BCUT2D eigenvalue weighted by molar-refractivity contribution is 1.16. The van der Waals surface area contributed by atoms with E-state index in [4.69, 9.17) is 0 Å². The van der Waals surface area contributed by atoms with Crippen LogP contribution >= 0.6 is 0 Å². The number of rotatable bonds is 8. The summed E-state index contributed by atoms with van der Waals surface area (Å²) in [7, 11) is -2.79. The summed E-state index contributed by atoms with van der Waals surface area (Å²) in [5, 5.41) is 12.9. The van der Waals surface area contributed by atoms with Gasteiger partial charge in [-0.2, -0.15) is 0 Å². The minimum absolute atomic E-state index is 1.12. The van der Waals surface area contributed by atoms with Gasteiger partial charge in [-0.1, -0.05) is 206 Å². The lowest BCUT2D eigenvalue weighted by atomic mass is 10.0. The highest BCUT2D eigenvalue weighted by atomic mass is 28.3. The first-order chi connectivity index (χ1) is 34.7. The third-order valence-electron chi connectivity index (χ3n) is 14.8. The Morgan fingerprint density at radius 3 is 1.00 bits per heavy atom. The second kappa shape index (κ2) is 16.1. The van der Waals surface area contributed by atoms with E-state index in [0.717, 1.165) is 17.1 Å². The lowest BCUT2D eigenvalue weighted by Crippen LogP contribution is -2.74. The molecule has 0 fully saturated rings. The van der Waals surface area contributed by atoms with Crippen molar-refractivity contribution in [3.63, 3.8) is 0 Å². The third kappa shape index (κ3) is 6.07. The molecule has 0 bridgehead atoms. The van der Waals surface area contributed by atoms with Gasteiger partial charge in [0.05, 0.1) is 33.1 Å². The average molecular weight is 908 g/mol. The van der Waals surface area contributed by atoms with Crippen molar-refractivity contribution in [1.82, 2.24) is 13.7 Å². The van der Waals surface area contributed by atoms with Crippen molar-refractivity contribution in [2.75, 3.05) is 0 Å². The van der Waals surface area contributed by atoms with Crippen molar-refractivity contribution in [3.05, 3.63) is 273 Å². The fourth-order valence-corrected chi connectivity index (χ4v) is 16.5. The Morgan fingerprint density at radius 2 is 0.529 bits per heavy atom. The molecule has 14 aromatic rings. The second-order valence-electron chi connectivity index (χ2n) is 18.5. The Balaban J connectivity index is 0.980. The molecule has 0 saturated heterocycles. The van der Waals surface area contributed by atoms with Crippen LogP contribution in [0.1, 0.15) is 0 Å². The molecule has 3 nitrogen and oxygen atoms in total. The molecule has 4 heteroatoms. The molecule has 0 aliphatic heterocycles. The van der Waals surface area contributed by atoms with Gasteiger partial charge in [-0.05, 0) is 98.6 Å². The summed E-state index contributed by atoms with van der Waals surface area (Å²) in [6.07, 6.45) is 0. The highest BCUT2D eigenvalue weighted by molar-refractivity contribution is 7.19. The van der Waals surface area contributed by atoms with Crippen LogP contribution in [0, 0.1) is 0 Å². The molecule has 0 atom stereocenters. The van der Waals surface area contributed by atoms with Crippen molar-refractivity contribution in [3.8, 4) is 28.2 Å². The Bertz CT molecular complexity index is 4180. The molecule has 0 unspecified atom stereocenters. The summed E-state index contributed by atoms with van der Waals surface area (Å²) in [4.78, 5) is 0. The highest BCUT2D eigenvalue weighted by Crippen LogP contribution is 2.40. The van der Waals surface area contributed by atoms with Crippen LogP contribution in [-0.2, 0) is 0 Å². The summed E-state index contributed by atoms with van der Waals surface area (Å²) < 4.78 is 7.38. The normalized spacial score (nSPS) is 12.0. The molecule has 3 aromatic heterocycles. The SMILES string of the molecule is c1ccc(-n2c3ccccc3c3ccc(-c4ccc5c6ccccc6n(-c6ccc7c8ccccc8n(-c8cccc([Si](c9ccccc9)(c9ccccc9)c9ccccc9)c8)c7c6)c5c4)cc32)cc1. The Kier molecular flexibility index (Phi) is 9.23. The number of hydrogen-bond acceptors (Lipinski definition) is 0. The second-order valence-corrected chi connectivity index (χ2v) is 22.3. The van der Waals surface area contributed by atoms with E-state index in [1.54, 1.807) is 0 Å². The number of para-hydroxylation sites is 4. The first-order valence-electron chi connectivity index (χ1n) is 24.2. The summed E-state index contributed by atoms with van der Waals surface area (Å²) >= 11 is 0. The summed E-state index contributed by atoms with van der Waals surface area (Å²) in [5.74, 6) is 0. The van der Waals surface area contributed by atoms with Gasteiger partial charge < -0.3 is 13.7 Å². The zero-order valence-electron chi connectivity index (χ0n) is 38.3. The molecule has 0 radical (unpaired) electrons. The standard InChI is InChI=1S/C66H45N3Si/c1-5-20-48(21-6-1)67-61-33-16-13-30-55(61)58-39-36-46(42-64(58)67)47-37-40-59-56-31-14-18-35-63(56)69(65(59)43-47)50-38-41-60-57-32-15-17-34-62(57)68(66(60)45-50)49-22-19-29-54(44-49)70(51-23-7-2-8-24-51,52-25-9-3-10-26-52)53-27-11-4-12-28-53/h1-45H. The predicted octanol–water partition coefficient (Wildman–Crippen LogP) is 14.0.